The van der Waals surface area contributed by atoms with Gasteiger partial charge in [0.15, 0.2) is 0 Å². The molecule has 2 fully saturated rings. The highest BCUT2D eigenvalue weighted by atomic mass is 32.2. The molecule has 0 radical (unpaired) electrons. The van der Waals surface area contributed by atoms with Gasteiger partial charge in [0.2, 0.25) is 11.8 Å². The largest absolute Gasteiger partial charge is 0.378 e. The number of hydrogen-bond donors (Lipinski definition) is 1. The smallest absolute Gasteiger partial charge is 0.238 e. The van der Waals surface area contributed by atoms with E-state index >= 15 is 0 Å². The number of anilines is 3. The summed E-state index contributed by atoms with van der Waals surface area (Å²) in [4.78, 5) is 28.3. The molecule has 2 amide bonds. The zero-order chi connectivity index (χ0) is 19.0. The molecule has 4 rings (SSSR count). The minimum Gasteiger partial charge on any atom is -0.378 e. The molecule has 1 aliphatic heterocycles. The van der Waals surface area contributed by atoms with Crippen LogP contribution in [0.5, 0.6) is 0 Å². The molecule has 6 heteroatoms. The third-order valence-electron chi connectivity index (χ3n) is 4.92. The lowest BCUT2D eigenvalue weighted by atomic mass is 10.1. The molecule has 2 aromatic rings. The van der Waals surface area contributed by atoms with Crippen molar-refractivity contribution in [2.24, 2.45) is 5.92 Å². The second-order valence-corrected chi connectivity index (χ2v) is 8.29. The molecule has 27 heavy (non-hydrogen) atoms. The molecule has 1 aliphatic carbocycles. The number of carbonyl (C=O) groups excluding carboxylic acids is 2. The fraction of sp³-hybridized carbons (Fsp3) is 0.333. The van der Waals surface area contributed by atoms with E-state index in [-0.39, 0.29) is 23.1 Å². The van der Waals surface area contributed by atoms with Gasteiger partial charge in [-0.05, 0) is 54.8 Å². The standard InChI is InChI=1S/C21H23N3O2S/c1-23(2)17-9-11-18(12-10-17)24-19(25)13-27-21(24)15-5-7-16(8-6-15)22-20(26)14-3-4-14/h5-12,14,21H,3-4,13H2,1-2H3,(H,22,26)/t21-/m1/s1. The second-order valence-electron chi connectivity index (χ2n) is 7.22. The van der Waals surface area contributed by atoms with Gasteiger partial charge in [0.1, 0.15) is 5.37 Å². The number of hydrogen-bond acceptors (Lipinski definition) is 4. The summed E-state index contributed by atoms with van der Waals surface area (Å²) in [5.41, 5.74) is 3.89. The number of nitrogens with one attached hydrogen (secondary N) is 1. The van der Waals surface area contributed by atoms with Crippen LogP contribution in [0.2, 0.25) is 0 Å². The van der Waals surface area contributed by atoms with E-state index in [1.165, 1.54) is 0 Å². The Labute approximate surface area is 163 Å². The summed E-state index contributed by atoms with van der Waals surface area (Å²) in [7, 11) is 4.00. The van der Waals surface area contributed by atoms with Gasteiger partial charge >= 0.3 is 0 Å². The van der Waals surface area contributed by atoms with Crippen molar-refractivity contribution in [2.45, 2.75) is 18.2 Å². The molecule has 140 valence electrons. The predicted molar refractivity (Wildman–Crippen MR) is 111 cm³/mol. The molecule has 1 heterocycles. The topological polar surface area (TPSA) is 52.6 Å². The van der Waals surface area contributed by atoms with Crippen LogP contribution in [-0.4, -0.2) is 31.7 Å². The molecule has 1 saturated carbocycles. The lowest BCUT2D eigenvalue weighted by molar-refractivity contribution is -0.117. The normalized spacial score (nSPS) is 19.3. The van der Waals surface area contributed by atoms with Gasteiger partial charge < -0.3 is 10.2 Å². The van der Waals surface area contributed by atoms with Gasteiger partial charge in [0.25, 0.3) is 0 Å². The van der Waals surface area contributed by atoms with E-state index in [9.17, 15) is 9.59 Å². The number of thioether (sulfide) groups is 1. The maximum absolute atomic E-state index is 12.5. The van der Waals surface area contributed by atoms with Crippen molar-refractivity contribution in [3.05, 3.63) is 54.1 Å². The van der Waals surface area contributed by atoms with Crippen LogP contribution >= 0.6 is 11.8 Å². The number of benzene rings is 2. The minimum atomic E-state index is -0.0455. The maximum atomic E-state index is 12.5. The van der Waals surface area contributed by atoms with Crippen LogP contribution in [0.25, 0.3) is 0 Å². The van der Waals surface area contributed by atoms with Gasteiger partial charge in [-0.1, -0.05) is 12.1 Å². The number of rotatable bonds is 5. The van der Waals surface area contributed by atoms with Crippen LogP contribution in [0.1, 0.15) is 23.8 Å². The first-order chi connectivity index (χ1) is 13.0. The Morgan fingerprint density at radius 2 is 1.74 bits per heavy atom. The summed E-state index contributed by atoms with van der Waals surface area (Å²) in [6.07, 6.45) is 1.98. The monoisotopic (exact) mass is 381 g/mol. The van der Waals surface area contributed by atoms with Crippen molar-refractivity contribution in [1.82, 2.24) is 0 Å². The Morgan fingerprint density at radius 3 is 2.33 bits per heavy atom. The van der Waals surface area contributed by atoms with E-state index < -0.39 is 0 Å². The highest BCUT2D eigenvalue weighted by molar-refractivity contribution is 8.00. The second kappa shape index (κ2) is 7.27. The maximum Gasteiger partial charge on any atom is 0.238 e. The van der Waals surface area contributed by atoms with Crippen molar-refractivity contribution in [1.29, 1.82) is 0 Å². The van der Waals surface area contributed by atoms with Gasteiger partial charge in [-0.15, -0.1) is 11.8 Å². The van der Waals surface area contributed by atoms with Crippen LogP contribution in [0, 0.1) is 5.92 Å². The third-order valence-corrected chi connectivity index (χ3v) is 6.14. The first kappa shape index (κ1) is 17.9. The average Bonchev–Trinajstić information content (AvgIpc) is 3.45. The SMILES string of the molecule is CN(C)c1ccc(N2C(=O)CS[C@@H]2c2ccc(NC(=O)C3CC3)cc2)cc1. The Bertz CT molecular complexity index is 845. The van der Waals surface area contributed by atoms with Gasteiger partial charge in [0.05, 0.1) is 5.75 Å². The molecule has 2 aliphatic rings. The highest BCUT2D eigenvalue weighted by Crippen LogP contribution is 2.42. The summed E-state index contributed by atoms with van der Waals surface area (Å²) in [6.45, 7) is 0. The Hall–Kier alpha value is -2.47. The number of carbonyl (C=O) groups is 2. The molecule has 5 nitrogen and oxygen atoms in total. The van der Waals surface area contributed by atoms with Gasteiger partial charge in [-0.3, -0.25) is 14.5 Å². The van der Waals surface area contributed by atoms with Gasteiger partial charge in [0, 0.05) is 37.1 Å². The van der Waals surface area contributed by atoms with Crippen molar-refractivity contribution < 1.29 is 9.59 Å². The molecular weight excluding hydrogens is 358 g/mol. The van der Waals surface area contributed by atoms with E-state index in [2.05, 4.69) is 5.32 Å². The van der Waals surface area contributed by atoms with Gasteiger partial charge in [-0.2, -0.15) is 0 Å². The molecule has 0 unspecified atom stereocenters. The fourth-order valence-corrected chi connectivity index (χ4v) is 4.36. The molecular formula is C21H23N3O2S. The Morgan fingerprint density at radius 1 is 1.07 bits per heavy atom. The Kier molecular flexibility index (Phi) is 4.83. The highest BCUT2D eigenvalue weighted by Gasteiger charge is 2.34. The minimum absolute atomic E-state index is 0.0455. The van der Waals surface area contributed by atoms with Crippen LogP contribution < -0.4 is 15.1 Å². The quantitative estimate of drug-likeness (QED) is 0.854. The summed E-state index contributed by atoms with van der Waals surface area (Å²) in [6, 6.07) is 15.9. The summed E-state index contributed by atoms with van der Waals surface area (Å²) in [5.74, 6) is 0.887. The van der Waals surface area contributed by atoms with Gasteiger partial charge in [-0.25, -0.2) is 0 Å². The number of nitrogens with zero attached hydrogens (tertiary/aromatic N) is 2. The predicted octanol–water partition coefficient (Wildman–Crippen LogP) is 3.88. The van der Waals surface area contributed by atoms with E-state index in [0.717, 1.165) is 35.5 Å². The molecule has 0 aromatic heterocycles. The van der Waals surface area contributed by atoms with Crippen LogP contribution in [-0.2, 0) is 9.59 Å². The lowest BCUT2D eigenvalue weighted by Crippen LogP contribution is -2.27. The van der Waals surface area contributed by atoms with Crippen molar-refractivity contribution in [3.8, 4) is 0 Å². The van der Waals surface area contributed by atoms with E-state index in [0.29, 0.717) is 5.75 Å². The molecule has 0 spiro atoms. The fourth-order valence-electron chi connectivity index (χ4n) is 3.18. The lowest BCUT2D eigenvalue weighted by Gasteiger charge is -2.25. The number of amides is 2. The summed E-state index contributed by atoms with van der Waals surface area (Å²) in [5, 5.41) is 2.91. The molecule has 1 saturated heterocycles. The molecule has 0 bridgehead atoms. The Balaban J connectivity index is 1.52. The molecule has 1 atom stereocenters. The first-order valence-electron chi connectivity index (χ1n) is 9.15. The average molecular weight is 382 g/mol. The summed E-state index contributed by atoms with van der Waals surface area (Å²) < 4.78 is 0. The van der Waals surface area contributed by atoms with Crippen molar-refractivity contribution in [2.75, 3.05) is 35.0 Å². The van der Waals surface area contributed by atoms with Crippen molar-refractivity contribution in [3.63, 3.8) is 0 Å². The van der Waals surface area contributed by atoms with Crippen LogP contribution in [0.15, 0.2) is 48.5 Å². The van der Waals surface area contributed by atoms with E-state index in [1.54, 1.807) is 11.8 Å². The van der Waals surface area contributed by atoms with Crippen LogP contribution in [0.4, 0.5) is 17.1 Å². The van der Waals surface area contributed by atoms with Crippen molar-refractivity contribution >= 4 is 40.6 Å². The van der Waals surface area contributed by atoms with Crippen LogP contribution in [0.3, 0.4) is 0 Å². The zero-order valence-electron chi connectivity index (χ0n) is 15.5. The summed E-state index contributed by atoms with van der Waals surface area (Å²) >= 11 is 1.63. The molecule has 2 aromatic carbocycles. The third kappa shape index (κ3) is 3.81. The van der Waals surface area contributed by atoms with E-state index in [1.807, 2.05) is 72.4 Å². The van der Waals surface area contributed by atoms with E-state index in [4.69, 9.17) is 0 Å². The molecule has 1 N–H and O–H groups in total. The first-order valence-corrected chi connectivity index (χ1v) is 10.2. The zero-order valence-corrected chi connectivity index (χ0v) is 16.3.